The van der Waals surface area contributed by atoms with E-state index in [1.54, 1.807) is 30.5 Å². The molecule has 26 heavy (non-hydrogen) atoms. The van der Waals surface area contributed by atoms with Gasteiger partial charge in [-0.2, -0.15) is 0 Å². The second-order valence-corrected chi connectivity index (χ2v) is 6.23. The molecule has 0 spiro atoms. The van der Waals surface area contributed by atoms with Gasteiger partial charge >= 0.3 is 0 Å². The minimum atomic E-state index is -0.0862. The van der Waals surface area contributed by atoms with Crippen molar-refractivity contribution in [3.8, 4) is 11.5 Å². The van der Waals surface area contributed by atoms with Crippen LogP contribution in [0, 0.1) is 0 Å². The van der Waals surface area contributed by atoms with Gasteiger partial charge in [0.25, 0.3) is 5.91 Å². The molecular formula is C19H25N3O4. The number of ether oxygens (including phenoxy) is 3. The van der Waals surface area contributed by atoms with Crippen molar-refractivity contribution in [1.29, 1.82) is 0 Å². The van der Waals surface area contributed by atoms with Crippen LogP contribution in [-0.4, -0.2) is 53.3 Å². The van der Waals surface area contributed by atoms with E-state index in [1.165, 1.54) is 0 Å². The zero-order valence-electron chi connectivity index (χ0n) is 15.5. The van der Waals surface area contributed by atoms with E-state index >= 15 is 0 Å². The number of imidazole rings is 1. The average molecular weight is 359 g/mol. The van der Waals surface area contributed by atoms with Gasteiger partial charge in [-0.1, -0.05) is 12.1 Å². The van der Waals surface area contributed by atoms with E-state index in [1.807, 2.05) is 30.7 Å². The van der Waals surface area contributed by atoms with E-state index in [0.717, 1.165) is 17.8 Å². The van der Waals surface area contributed by atoms with Gasteiger partial charge in [-0.25, -0.2) is 4.98 Å². The molecule has 0 unspecified atom stereocenters. The molecule has 2 aromatic rings. The third-order valence-corrected chi connectivity index (χ3v) is 4.59. The molecule has 7 heteroatoms. The SMILES string of the molecule is CCOC[C@H]1Cc2c(ncn2C)CN1C(=O)COc1ccccc1OC. The van der Waals surface area contributed by atoms with Gasteiger partial charge in [0.2, 0.25) is 0 Å². The summed E-state index contributed by atoms with van der Waals surface area (Å²) < 4.78 is 18.6. The van der Waals surface area contributed by atoms with Crippen molar-refractivity contribution in [2.75, 3.05) is 26.9 Å². The molecule has 0 saturated heterocycles. The van der Waals surface area contributed by atoms with Crippen molar-refractivity contribution in [3.63, 3.8) is 0 Å². The maximum atomic E-state index is 12.8. The topological polar surface area (TPSA) is 65.8 Å². The normalized spacial score (nSPS) is 16.3. The quantitative estimate of drug-likeness (QED) is 0.754. The molecule has 1 aromatic carbocycles. The van der Waals surface area contributed by atoms with Crippen LogP contribution in [0.15, 0.2) is 30.6 Å². The van der Waals surface area contributed by atoms with Gasteiger partial charge in [-0.3, -0.25) is 4.79 Å². The van der Waals surface area contributed by atoms with E-state index in [0.29, 0.717) is 31.3 Å². The van der Waals surface area contributed by atoms with Crippen LogP contribution in [0.2, 0.25) is 0 Å². The molecule has 0 saturated carbocycles. The minimum Gasteiger partial charge on any atom is -0.493 e. The van der Waals surface area contributed by atoms with Gasteiger partial charge in [0, 0.05) is 25.8 Å². The molecular weight excluding hydrogens is 334 g/mol. The van der Waals surface area contributed by atoms with Crippen LogP contribution in [0.5, 0.6) is 11.5 Å². The maximum absolute atomic E-state index is 12.8. The van der Waals surface area contributed by atoms with Gasteiger partial charge in [0.15, 0.2) is 18.1 Å². The molecule has 7 nitrogen and oxygen atoms in total. The summed E-state index contributed by atoms with van der Waals surface area (Å²) >= 11 is 0. The Morgan fingerprint density at radius 3 is 2.81 bits per heavy atom. The lowest BCUT2D eigenvalue weighted by atomic mass is 10.0. The number of fused-ring (bicyclic) bond motifs is 1. The number of nitrogens with zero attached hydrogens (tertiary/aromatic N) is 3. The zero-order chi connectivity index (χ0) is 18.5. The molecule has 1 aromatic heterocycles. The fourth-order valence-electron chi connectivity index (χ4n) is 3.18. The van der Waals surface area contributed by atoms with Crippen LogP contribution in [0.4, 0.5) is 0 Å². The molecule has 0 bridgehead atoms. The molecule has 0 aliphatic carbocycles. The first-order valence-electron chi connectivity index (χ1n) is 8.76. The highest BCUT2D eigenvalue weighted by Gasteiger charge is 2.32. The molecule has 1 aliphatic rings. The number of amides is 1. The van der Waals surface area contributed by atoms with E-state index in [2.05, 4.69) is 4.98 Å². The Bertz CT molecular complexity index is 759. The molecule has 1 atom stereocenters. The molecule has 140 valence electrons. The second-order valence-electron chi connectivity index (χ2n) is 6.23. The summed E-state index contributed by atoms with van der Waals surface area (Å²) in [6.45, 7) is 3.50. The Morgan fingerprint density at radius 1 is 1.31 bits per heavy atom. The van der Waals surface area contributed by atoms with Crippen LogP contribution in [0.1, 0.15) is 18.3 Å². The molecule has 1 aliphatic heterocycles. The lowest BCUT2D eigenvalue weighted by molar-refractivity contribution is -0.138. The number of aromatic nitrogens is 2. The lowest BCUT2D eigenvalue weighted by Crippen LogP contribution is -2.48. The first-order valence-corrected chi connectivity index (χ1v) is 8.76. The van der Waals surface area contributed by atoms with Crippen molar-refractivity contribution < 1.29 is 19.0 Å². The predicted molar refractivity (Wildman–Crippen MR) is 96.2 cm³/mol. The number of carbonyl (C=O) groups excluding carboxylic acids is 1. The van der Waals surface area contributed by atoms with Crippen molar-refractivity contribution in [2.24, 2.45) is 7.05 Å². The summed E-state index contributed by atoms with van der Waals surface area (Å²) in [4.78, 5) is 19.1. The Morgan fingerprint density at radius 2 is 2.08 bits per heavy atom. The predicted octanol–water partition coefficient (Wildman–Crippen LogP) is 1.80. The standard InChI is InChI=1S/C19H25N3O4/c1-4-25-11-14-9-16-15(20-13-21(16)2)10-22(14)19(23)12-26-18-8-6-5-7-17(18)24-3/h5-8,13-14H,4,9-12H2,1-3H3/t14-/m1/s1. The number of carbonyl (C=O) groups is 1. The first kappa shape index (κ1) is 18.3. The molecule has 3 rings (SSSR count). The van der Waals surface area contributed by atoms with E-state index in [9.17, 15) is 4.79 Å². The second kappa shape index (κ2) is 8.23. The highest BCUT2D eigenvalue weighted by atomic mass is 16.5. The number of aryl methyl sites for hydroxylation is 1. The Labute approximate surface area is 153 Å². The number of benzene rings is 1. The average Bonchev–Trinajstić information content (AvgIpc) is 3.03. The van der Waals surface area contributed by atoms with Crippen molar-refractivity contribution in [1.82, 2.24) is 14.5 Å². The van der Waals surface area contributed by atoms with Crippen LogP contribution in [0.3, 0.4) is 0 Å². The smallest absolute Gasteiger partial charge is 0.261 e. The van der Waals surface area contributed by atoms with Gasteiger partial charge in [0.1, 0.15) is 0 Å². The van der Waals surface area contributed by atoms with Gasteiger partial charge < -0.3 is 23.7 Å². The van der Waals surface area contributed by atoms with Crippen LogP contribution in [0.25, 0.3) is 0 Å². The molecule has 2 heterocycles. The van der Waals surface area contributed by atoms with E-state index in [-0.39, 0.29) is 18.6 Å². The van der Waals surface area contributed by atoms with Crippen molar-refractivity contribution in [2.45, 2.75) is 25.9 Å². The van der Waals surface area contributed by atoms with Gasteiger partial charge in [0.05, 0.1) is 38.3 Å². The summed E-state index contributed by atoms with van der Waals surface area (Å²) in [6, 6.07) is 7.28. The summed E-state index contributed by atoms with van der Waals surface area (Å²) in [5.74, 6) is 1.08. The Kier molecular flexibility index (Phi) is 5.78. The zero-order valence-corrected chi connectivity index (χ0v) is 15.5. The van der Waals surface area contributed by atoms with Gasteiger partial charge in [-0.05, 0) is 19.1 Å². The lowest BCUT2D eigenvalue weighted by Gasteiger charge is -2.35. The summed E-state index contributed by atoms with van der Waals surface area (Å²) in [7, 11) is 3.56. The Balaban J connectivity index is 1.71. The van der Waals surface area contributed by atoms with E-state index in [4.69, 9.17) is 14.2 Å². The summed E-state index contributed by atoms with van der Waals surface area (Å²) in [5, 5.41) is 0. The summed E-state index contributed by atoms with van der Waals surface area (Å²) in [5.41, 5.74) is 2.09. The summed E-state index contributed by atoms with van der Waals surface area (Å²) in [6.07, 6.45) is 2.52. The van der Waals surface area contributed by atoms with Crippen molar-refractivity contribution in [3.05, 3.63) is 42.0 Å². The third kappa shape index (κ3) is 3.83. The molecule has 0 N–H and O–H groups in total. The highest BCUT2D eigenvalue weighted by Crippen LogP contribution is 2.27. The number of rotatable bonds is 7. The molecule has 0 fully saturated rings. The molecule has 0 radical (unpaired) electrons. The fraction of sp³-hybridized carbons (Fsp3) is 0.474. The van der Waals surface area contributed by atoms with Crippen LogP contribution >= 0.6 is 0 Å². The van der Waals surface area contributed by atoms with Crippen molar-refractivity contribution >= 4 is 5.91 Å². The van der Waals surface area contributed by atoms with E-state index < -0.39 is 0 Å². The number of hydrogen-bond acceptors (Lipinski definition) is 5. The third-order valence-electron chi connectivity index (χ3n) is 4.59. The Hall–Kier alpha value is -2.54. The first-order chi connectivity index (χ1) is 12.6. The van der Waals surface area contributed by atoms with Crippen LogP contribution < -0.4 is 9.47 Å². The largest absolute Gasteiger partial charge is 0.493 e. The number of methoxy groups -OCH3 is 1. The molecule has 1 amide bonds. The number of para-hydroxylation sites is 2. The maximum Gasteiger partial charge on any atom is 0.261 e. The highest BCUT2D eigenvalue weighted by molar-refractivity contribution is 5.78. The number of hydrogen-bond donors (Lipinski definition) is 0. The van der Waals surface area contributed by atoms with Gasteiger partial charge in [-0.15, -0.1) is 0 Å². The monoisotopic (exact) mass is 359 g/mol. The minimum absolute atomic E-state index is 0.0216. The van der Waals surface area contributed by atoms with Crippen LogP contribution in [-0.2, 0) is 29.5 Å². The fourth-order valence-corrected chi connectivity index (χ4v) is 3.18.